The second-order valence-corrected chi connectivity index (χ2v) is 5.05. The Kier molecular flexibility index (Phi) is 5.99. The summed E-state index contributed by atoms with van der Waals surface area (Å²) in [6, 6.07) is 1.18. The number of hydrogen-bond donors (Lipinski definition) is 2. The maximum Gasteiger partial charge on any atom is 0.166 e. The van der Waals surface area contributed by atoms with E-state index in [1.807, 2.05) is 0 Å². The zero-order valence-electron chi connectivity index (χ0n) is 10.0. The van der Waals surface area contributed by atoms with Crippen LogP contribution in [0.4, 0.5) is 0 Å². The molecule has 0 amide bonds. The Balaban J connectivity index is 1.96. The van der Waals surface area contributed by atoms with Crippen LogP contribution in [-0.4, -0.2) is 17.2 Å². The normalized spacial score (nSPS) is 17.2. The van der Waals surface area contributed by atoms with Crippen molar-refractivity contribution in [3.63, 3.8) is 0 Å². The molecule has 88 valence electrons. The van der Waals surface area contributed by atoms with Gasteiger partial charge in [0.05, 0.1) is 0 Å². The number of hydrogen-bond acceptors (Lipinski definition) is 1. The second kappa shape index (κ2) is 7.04. The van der Waals surface area contributed by atoms with Crippen LogP contribution in [0.3, 0.4) is 0 Å². The summed E-state index contributed by atoms with van der Waals surface area (Å²) in [6.45, 7) is 4.46. The van der Waals surface area contributed by atoms with E-state index in [-0.39, 0.29) is 0 Å². The van der Waals surface area contributed by atoms with Crippen molar-refractivity contribution in [1.82, 2.24) is 10.6 Å². The van der Waals surface area contributed by atoms with Crippen LogP contribution < -0.4 is 10.6 Å². The van der Waals surface area contributed by atoms with Gasteiger partial charge in [-0.3, -0.25) is 0 Å². The number of rotatable bonds is 7. The minimum atomic E-state index is 0.514. The van der Waals surface area contributed by atoms with Crippen LogP contribution in [0.2, 0.25) is 0 Å². The Morgan fingerprint density at radius 3 is 2.67 bits per heavy atom. The van der Waals surface area contributed by atoms with Crippen LogP contribution in [0.15, 0.2) is 0 Å². The van der Waals surface area contributed by atoms with Crippen molar-refractivity contribution in [2.45, 2.75) is 70.9 Å². The predicted molar refractivity (Wildman–Crippen MR) is 70.1 cm³/mol. The summed E-state index contributed by atoms with van der Waals surface area (Å²) in [6.07, 6.45) is 9.13. The molecule has 0 bridgehead atoms. The standard InChI is InChI=1S/C12H24N2S/c1-3-4-5-6-7-10(2)13-12(15)14-11-8-9-11/h10-11H,3-9H2,1-2H3,(H2,13,14,15). The van der Waals surface area contributed by atoms with E-state index < -0.39 is 0 Å². The third-order valence-corrected chi connectivity index (χ3v) is 3.02. The van der Waals surface area contributed by atoms with Gasteiger partial charge in [-0.1, -0.05) is 32.6 Å². The number of thiocarbonyl (C=S) groups is 1. The van der Waals surface area contributed by atoms with E-state index in [0.717, 1.165) is 5.11 Å². The van der Waals surface area contributed by atoms with Gasteiger partial charge in [-0.15, -0.1) is 0 Å². The average molecular weight is 228 g/mol. The van der Waals surface area contributed by atoms with Crippen molar-refractivity contribution in [3.05, 3.63) is 0 Å². The van der Waals surface area contributed by atoms with Crippen LogP contribution in [0.1, 0.15) is 58.8 Å². The molecule has 1 saturated carbocycles. The van der Waals surface area contributed by atoms with Crippen LogP contribution in [0.25, 0.3) is 0 Å². The van der Waals surface area contributed by atoms with E-state index in [2.05, 4.69) is 24.5 Å². The number of unbranched alkanes of at least 4 members (excludes halogenated alkanes) is 3. The molecule has 0 aliphatic heterocycles. The Morgan fingerprint density at radius 1 is 1.33 bits per heavy atom. The minimum absolute atomic E-state index is 0.514. The molecule has 0 spiro atoms. The summed E-state index contributed by atoms with van der Waals surface area (Å²) >= 11 is 5.23. The van der Waals surface area contributed by atoms with Crippen molar-refractivity contribution in [2.24, 2.45) is 0 Å². The van der Waals surface area contributed by atoms with Gasteiger partial charge in [-0.05, 0) is 38.4 Å². The summed E-state index contributed by atoms with van der Waals surface area (Å²) in [5.74, 6) is 0. The Hall–Kier alpha value is -0.310. The van der Waals surface area contributed by atoms with Crippen LogP contribution in [0.5, 0.6) is 0 Å². The fourth-order valence-electron chi connectivity index (χ4n) is 1.63. The Bertz CT molecular complexity index is 190. The fourth-order valence-corrected chi connectivity index (χ4v) is 2.00. The van der Waals surface area contributed by atoms with Crippen LogP contribution >= 0.6 is 12.2 Å². The lowest BCUT2D eigenvalue weighted by Crippen LogP contribution is -2.41. The minimum Gasteiger partial charge on any atom is -0.360 e. The van der Waals surface area contributed by atoms with Gasteiger partial charge in [0.1, 0.15) is 0 Å². The van der Waals surface area contributed by atoms with Crippen LogP contribution in [-0.2, 0) is 0 Å². The second-order valence-electron chi connectivity index (χ2n) is 4.64. The SMILES string of the molecule is CCCCCCC(C)NC(=S)NC1CC1. The van der Waals surface area contributed by atoms with Gasteiger partial charge in [0.2, 0.25) is 0 Å². The highest BCUT2D eigenvalue weighted by atomic mass is 32.1. The van der Waals surface area contributed by atoms with Crippen molar-refractivity contribution >= 4 is 17.3 Å². The molecule has 2 N–H and O–H groups in total. The maximum atomic E-state index is 5.23. The summed E-state index contributed by atoms with van der Waals surface area (Å²) in [4.78, 5) is 0. The molecular formula is C12H24N2S. The molecule has 0 radical (unpaired) electrons. The molecule has 0 aromatic heterocycles. The third-order valence-electron chi connectivity index (χ3n) is 2.78. The van der Waals surface area contributed by atoms with Crippen molar-refractivity contribution in [1.29, 1.82) is 0 Å². The van der Waals surface area contributed by atoms with E-state index in [4.69, 9.17) is 12.2 Å². The highest BCUT2D eigenvalue weighted by Gasteiger charge is 2.21. The average Bonchev–Trinajstić information content (AvgIpc) is 2.96. The molecule has 0 saturated heterocycles. The van der Waals surface area contributed by atoms with E-state index in [0.29, 0.717) is 12.1 Å². The smallest absolute Gasteiger partial charge is 0.166 e. The maximum absolute atomic E-state index is 5.23. The topological polar surface area (TPSA) is 24.1 Å². The molecule has 1 unspecified atom stereocenters. The van der Waals surface area contributed by atoms with Gasteiger partial charge >= 0.3 is 0 Å². The van der Waals surface area contributed by atoms with E-state index in [1.165, 1.54) is 44.9 Å². The monoisotopic (exact) mass is 228 g/mol. The largest absolute Gasteiger partial charge is 0.360 e. The quantitative estimate of drug-likeness (QED) is 0.517. The predicted octanol–water partition coefficient (Wildman–Crippen LogP) is 2.97. The summed E-state index contributed by atoms with van der Waals surface area (Å²) < 4.78 is 0. The van der Waals surface area contributed by atoms with Gasteiger partial charge in [0.25, 0.3) is 0 Å². The summed E-state index contributed by atoms with van der Waals surface area (Å²) in [7, 11) is 0. The zero-order chi connectivity index (χ0) is 11.1. The molecule has 1 aliphatic rings. The molecule has 15 heavy (non-hydrogen) atoms. The molecule has 1 fully saturated rings. The molecule has 0 aromatic rings. The first kappa shape index (κ1) is 12.8. The molecular weight excluding hydrogens is 204 g/mol. The molecule has 2 nitrogen and oxygen atoms in total. The Labute approximate surface area is 99.2 Å². The molecule has 0 aromatic carbocycles. The highest BCUT2D eigenvalue weighted by Crippen LogP contribution is 2.18. The van der Waals surface area contributed by atoms with Gasteiger partial charge in [0, 0.05) is 12.1 Å². The van der Waals surface area contributed by atoms with Crippen molar-refractivity contribution in [2.75, 3.05) is 0 Å². The van der Waals surface area contributed by atoms with Gasteiger partial charge in [-0.2, -0.15) is 0 Å². The highest BCUT2D eigenvalue weighted by molar-refractivity contribution is 7.80. The molecule has 0 heterocycles. The lowest BCUT2D eigenvalue weighted by molar-refractivity contribution is 0.540. The molecule has 1 atom stereocenters. The lowest BCUT2D eigenvalue weighted by Gasteiger charge is -2.16. The van der Waals surface area contributed by atoms with Gasteiger partial charge in [-0.25, -0.2) is 0 Å². The van der Waals surface area contributed by atoms with E-state index in [1.54, 1.807) is 0 Å². The fraction of sp³-hybridized carbons (Fsp3) is 0.917. The van der Waals surface area contributed by atoms with Crippen molar-refractivity contribution in [3.8, 4) is 0 Å². The summed E-state index contributed by atoms with van der Waals surface area (Å²) in [5.41, 5.74) is 0. The zero-order valence-corrected chi connectivity index (χ0v) is 10.8. The Morgan fingerprint density at radius 2 is 2.07 bits per heavy atom. The first-order chi connectivity index (χ1) is 7.22. The first-order valence-corrected chi connectivity index (χ1v) is 6.70. The van der Waals surface area contributed by atoms with Crippen molar-refractivity contribution < 1.29 is 0 Å². The van der Waals surface area contributed by atoms with Gasteiger partial charge < -0.3 is 10.6 Å². The van der Waals surface area contributed by atoms with Gasteiger partial charge in [0.15, 0.2) is 5.11 Å². The molecule has 1 rings (SSSR count). The first-order valence-electron chi connectivity index (χ1n) is 6.29. The molecule has 1 aliphatic carbocycles. The van der Waals surface area contributed by atoms with E-state index in [9.17, 15) is 0 Å². The molecule has 3 heteroatoms. The number of nitrogens with one attached hydrogen (secondary N) is 2. The third kappa shape index (κ3) is 6.72. The van der Waals surface area contributed by atoms with Crippen LogP contribution in [0, 0.1) is 0 Å². The lowest BCUT2D eigenvalue weighted by atomic mass is 10.1. The summed E-state index contributed by atoms with van der Waals surface area (Å²) in [5, 5.41) is 7.50. The van der Waals surface area contributed by atoms with E-state index >= 15 is 0 Å².